The number of rotatable bonds is 4. The molecule has 4 rings (SSSR count). The summed E-state index contributed by atoms with van der Waals surface area (Å²) in [6.07, 6.45) is 2.19. The lowest BCUT2D eigenvalue weighted by Crippen LogP contribution is -2.11. The number of aromatic nitrogens is 3. The number of nitrogens with zero attached hydrogens (tertiary/aromatic N) is 2. The second-order valence-electron chi connectivity index (χ2n) is 5.87. The third kappa shape index (κ3) is 3.14. The van der Waals surface area contributed by atoms with Crippen LogP contribution in [0.5, 0.6) is 0 Å². The molecule has 6 nitrogen and oxygen atoms in total. The van der Waals surface area contributed by atoms with Crippen molar-refractivity contribution in [1.82, 2.24) is 15.2 Å². The maximum absolute atomic E-state index is 12.4. The van der Waals surface area contributed by atoms with Crippen LogP contribution in [-0.2, 0) is 6.42 Å². The minimum absolute atomic E-state index is 0.0948. The van der Waals surface area contributed by atoms with Crippen LogP contribution in [-0.4, -0.2) is 21.1 Å². The third-order valence-corrected chi connectivity index (χ3v) is 4.00. The fourth-order valence-corrected chi connectivity index (χ4v) is 2.68. The molecule has 4 aromatic rings. The Balaban J connectivity index is 1.49. The van der Waals surface area contributed by atoms with Crippen LogP contribution in [0, 0.1) is 6.92 Å². The van der Waals surface area contributed by atoms with Crippen molar-refractivity contribution in [3.05, 3.63) is 77.3 Å². The Morgan fingerprint density at radius 1 is 1.12 bits per heavy atom. The molecule has 124 valence electrons. The maximum Gasteiger partial charge on any atom is 0.322 e. The van der Waals surface area contributed by atoms with Gasteiger partial charge < -0.3 is 9.40 Å². The van der Waals surface area contributed by atoms with Gasteiger partial charge in [-0.2, -0.15) is 0 Å². The van der Waals surface area contributed by atoms with Gasteiger partial charge in [-0.3, -0.25) is 10.1 Å². The Labute approximate surface area is 143 Å². The van der Waals surface area contributed by atoms with E-state index in [1.807, 2.05) is 55.5 Å². The molecule has 0 saturated carbocycles. The largest absolute Gasteiger partial charge is 0.407 e. The molecule has 25 heavy (non-hydrogen) atoms. The molecule has 0 fully saturated rings. The number of carbonyl (C=O) groups excluding carboxylic acids is 1. The highest BCUT2D eigenvalue weighted by atomic mass is 16.4. The Morgan fingerprint density at radius 2 is 1.92 bits per heavy atom. The van der Waals surface area contributed by atoms with Gasteiger partial charge in [0, 0.05) is 17.1 Å². The average Bonchev–Trinajstić information content (AvgIpc) is 3.23. The molecule has 2 aromatic carbocycles. The Bertz CT molecular complexity index is 1030. The number of hydrogen-bond donors (Lipinski definition) is 2. The number of amides is 1. The van der Waals surface area contributed by atoms with E-state index < -0.39 is 0 Å². The van der Waals surface area contributed by atoms with E-state index >= 15 is 0 Å². The van der Waals surface area contributed by atoms with Crippen molar-refractivity contribution in [2.75, 3.05) is 5.32 Å². The number of para-hydroxylation sites is 1. The van der Waals surface area contributed by atoms with E-state index in [4.69, 9.17) is 4.42 Å². The first-order valence-corrected chi connectivity index (χ1v) is 7.94. The summed E-state index contributed by atoms with van der Waals surface area (Å²) in [5.41, 5.74) is 3.71. The van der Waals surface area contributed by atoms with Gasteiger partial charge >= 0.3 is 6.01 Å². The Hall–Kier alpha value is -3.41. The van der Waals surface area contributed by atoms with Crippen molar-refractivity contribution in [3.63, 3.8) is 0 Å². The number of H-pyrrole nitrogens is 1. The third-order valence-electron chi connectivity index (χ3n) is 4.00. The second-order valence-corrected chi connectivity index (χ2v) is 5.87. The molecule has 2 aromatic heterocycles. The van der Waals surface area contributed by atoms with Crippen molar-refractivity contribution in [3.8, 4) is 0 Å². The summed E-state index contributed by atoms with van der Waals surface area (Å²) in [7, 11) is 0. The van der Waals surface area contributed by atoms with Gasteiger partial charge in [0.15, 0.2) is 0 Å². The van der Waals surface area contributed by atoms with Crippen LogP contribution < -0.4 is 5.32 Å². The van der Waals surface area contributed by atoms with E-state index in [1.165, 1.54) is 5.56 Å². The highest BCUT2D eigenvalue weighted by Crippen LogP contribution is 2.19. The van der Waals surface area contributed by atoms with Crippen molar-refractivity contribution in [2.24, 2.45) is 0 Å². The molecule has 0 spiro atoms. The molecule has 0 atom stereocenters. The fourth-order valence-electron chi connectivity index (χ4n) is 2.68. The van der Waals surface area contributed by atoms with E-state index in [1.54, 1.807) is 6.20 Å². The normalized spacial score (nSPS) is 10.9. The second kappa shape index (κ2) is 6.24. The van der Waals surface area contributed by atoms with Crippen molar-refractivity contribution in [1.29, 1.82) is 0 Å². The van der Waals surface area contributed by atoms with Crippen LogP contribution in [0.25, 0.3) is 10.9 Å². The topological polar surface area (TPSA) is 83.8 Å². The van der Waals surface area contributed by atoms with Gasteiger partial charge in [0.2, 0.25) is 5.89 Å². The molecule has 2 heterocycles. The molecule has 0 aliphatic rings. The molecule has 0 bridgehead atoms. The number of hydrogen-bond acceptors (Lipinski definition) is 4. The average molecular weight is 332 g/mol. The van der Waals surface area contributed by atoms with Gasteiger partial charge in [-0.15, -0.1) is 5.10 Å². The van der Waals surface area contributed by atoms with Gasteiger partial charge in [0.05, 0.1) is 12.0 Å². The number of fused-ring (bicyclic) bond motifs is 1. The van der Waals surface area contributed by atoms with E-state index in [0.29, 0.717) is 17.9 Å². The lowest BCUT2D eigenvalue weighted by molar-refractivity contribution is 0.102. The molecule has 6 heteroatoms. The Kier molecular flexibility index (Phi) is 3.78. The van der Waals surface area contributed by atoms with E-state index in [9.17, 15) is 4.79 Å². The van der Waals surface area contributed by atoms with Gasteiger partial charge in [-0.1, -0.05) is 53.1 Å². The molecule has 0 aliphatic carbocycles. The Morgan fingerprint density at radius 3 is 2.76 bits per heavy atom. The van der Waals surface area contributed by atoms with Crippen LogP contribution in [0.2, 0.25) is 0 Å². The summed E-state index contributed by atoms with van der Waals surface area (Å²) in [5.74, 6) is 0.168. The molecule has 2 N–H and O–H groups in total. The van der Waals surface area contributed by atoms with Crippen molar-refractivity contribution < 1.29 is 9.21 Å². The smallest absolute Gasteiger partial charge is 0.322 e. The van der Waals surface area contributed by atoms with E-state index in [-0.39, 0.29) is 11.9 Å². The van der Waals surface area contributed by atoms with Gasteiger partial charge in [0.25, 0.3) is 5.91 Å². The van der Waals surface area contributed by atoms with Crippen LogP contribution >= 0.6 is 0 Å². The highest BCUT2D eigenvalue weighted by Gasteiger charge is 2.15. The predicted molar refractivity (Wildman–Crippen MR) is 94.5 cm³/mol. The monoisotopic (exact) mass is 332 g/mol. The summed E-state index contributed by atoms with van der Waals surface area (Å²) in [6, 6.07) is 15.8. The molecular formula is C19H16N4O2. The van der Waals surface area contributed by atoms with Crippen LogP contribution in [0.15, 0.2) is 59.1 Å². The molecule has 0 unspecified atom stereocenters. The SMILES string of the molecule is Cc1ccc(Cc2nnc(NC(=O)c3c[nH]c4ccccc34)o2)cc1. The lowest BCUT2D eigenvalue weighted by Gasteiger charge is -1.99. The van der Waals surface area contributed by atoms with Gasteiger partial charge in [0.1, 0.15) is 0 Å². The predicted octanol–water partition coefficient (Wildman–Crippen LogP) is 3.70. The standard InChI is InChI=1S/C19H16N4O2/c1-12-6-8-13(9-7-12)10-17-22-23-19(25-17)21-18(24)15-11-20-16-5-3-2-4-14(15)16/h2-9,11,20H,10H2,1H3,(H,21,23,24). The molecule has 0 aliphatic heterocycles. The van der Waals surface area contributed by atoms with Crippen molar-refractivity contribution in [2.45, 2.75) is 13.3 Å². The minimum atomic E-state index is -0.289. The van der Waals surface area contributed by atoms with Gasteiger partial charge in [-0.25, -0.2) is 0 Å². The first-order chi connectivity index (χ1) is 12.2. The summed E-state index contributed by atoms with van der Waals surface area (Å²) in [5, 5.41) is 11.4. The van der Waals surface area contributed by atoms with Crippen LogP contribution in [0.3, 0.4) is 0 Å². The first kappa shape index (κ1) is 15.1. The summed E-state index contributed by atoms with van der Waals surface area (Å²) >= 11 is 0. The first-order valence-electron chi connectivity index (χ1n) is 7.94. The quantitative estimate of drug-likeness (QED) is 0.597. The van der Waals surface area contributed by atoms with Crippen LogP contribution in [0.1, 0.15) is 27.4 Å². The summed E-state index contributed by atoms with van der Waals surface area (Å²) in [4.78, 5) is 15.5. The maximum atomic E-state index is 12.4. The number of carbonyl (C=O) groups is 1. The molecule has 0 saturated heterocycles. The summed E-state index contributed by atoms with van der Waals surface area (Å²) < 4.78 is 5.53. The highest BCUT2D eigenvalue weighted by molar-refractivity contribution is 6.12. The number of nitrogens with one attached hydrogen (secondary N) is 2. The van der Waals surface area contributed by atoms with Gasteiger partial charge in [-0.05, 0) is 18.6 Å². The number of aromatic amines is 1. The lowest BCUT2D eigenvalue weighted by atomic mass is 10.1. The number of anilines is 1. The zero-order valence-corrected chi connectivity index (χ0v) is 13.6. The molecule has 0 radical (unpaired) electrons. The fraction of sp³-hybridized carbons (Fsp3) is 0.105. The molecular weight excluding hydrogens is 316 g/mol. The number of aryl methyl sites for hydroxylation is 1. The molecule has 1 amide bonds. The van der Waals surface area contributed by atoms with E-state index in [0.717, 1.165) is 16.5 Å². The minimum Gasteiger partial charge on any atom is -0.407 e. The van der Waals surface area contributed by atoms with Crippen molar-refractivity contribution >= 4 is 22.8 Å². The number of benzene rings is 2. The van der Waals surface area contributed by atoms with Crippen LogP contribution in [0.4, 0.5) is 6.01 Å². The zero-order chi connectivity index (χ0) is 17.2. The van der Waals surface area contributed by atoms with E-state index in [2.05, 4.69) is 20.5 Å². The summed E-state index contributed by atoms with van der Waals surface area (Å²) in [6.45, 7) is 2.04. The zero-order valence-electron chi connectivity index (χ0n) is 13.6.